The molecule has 0 unspecified atom stereocenters. The number of nitro benzene ring substituents is 1. The first-order valence-electron chi connectivity index (χ1n) is 10.8. The second-order valence-corrected chi connectivity index (χ2v) is 9.06. The molecule has 9 nitrogen and oxygen atoms in total. The number of non-ortho nitro benzene ring substituents is 1. The highest BCUT2D eigenvalue weighted by molar-refractivity contribution is 6.26. The number of fused-ring (bicyclic) bond motifs is 7. The molecule has 4 heterocycles. The molecule has 33 heavy (non-hydrogen) atoms. The molecule has 3 saturated heterocycles. The molecule has 0 aliphatic carbocycles. The predicted octanol–water partition coefficient (Wildman–Crippen LogP) is 2.47. The zero-order valence-electron chi connectivity index (χ0n) is 17.6. The third kappa shape index (κ3) is 2.31. The number of halogens is 1. The molecule has 4 atom stereocenters. The van der Waals surface area contributed by atoms with Crippen LogP contribution in [0.15, 0.2) is 36.4 Å². The molecule has 168 valence electrons. The van der Waals surface area contributed by atoms with E-state index in [-0.39, 0.29) is 17.4 Å². The van der Waals surface area contributed by atoms with Crippen molar-refractivity contribution in [3.05, 3.63) is 63.5 Å². The van der Waals surface area contributed by atoms with Crippen molar-refractivity contribution in [2.45, 2.75) is 31.3 Å². The number of anilines is 2. The molecule has 4 aliphatic rings. The van der Waals surface area contributed by atoms with Crippen LogP contribution in [0.3, 0.4) is 0 Å². The molecule has 1 N–H and O–H groups in total. The molecule has 3 amide bonds. The van der Waals surface area contributed by atoms with E-state index < -0.39 is 45.8 Å². The van der Waals surface area contributed by atoms with Gasteiger partial charge in [0.1, 0.15) is 11.4 Å². The van der Waals surface area contributed by atoms with Gasteiger partial charge in [0.25, 0.3) is 5.69 Å². The maximum Gasteiger partial charge on any atom is 0.269 e. The number of hydrogen-bond donors (Lipinski definition) is 1. The van der Waals surface area contributed by atoms with Crippen LogP contribution in [-0.4, -0.2) is 40.1 Å². The maximum atomic E-state index is 14.3. The van der Waals surface area contributed by atoms with Crippen LogP contribution in [0.25, 0.3) is 0 Å². The molecule has 0 saturated carbocycles. The van der Waals surface area contributed by atoms with Gasteiger partial charge in [-0.05, 0) is 56.1 Å². The van der Waals surface area contributed by atoms with Gasteiger partial charge in [0.15, 0.2) is 0 Å². The maximum absolute atomic E-state index is 14.3. The fraction of sp³-hybridized carbons (Fsp3) is 0.348. The second kappa shape index (κ2) is 6.44. The van der Waals surface area contributed by atoms with Crippen LogP contribution < -0.4 is 10.2 Å². The molecule has 6 rings (SSSR count). The highest BCUT2D eigenvalue weighted by Crippen LogP contribution is 2.60. The Bertz CT molecular complexity index is 1300. The van der Waals surface area contributed by atoms with E-state index in [2.05, 4.69) is 5.32 Å². The highest BCUT2D eigenvalue weighted by atomic mass is 19.1. The number of nitrogens with one attached hydrogen (secondary N) is 1. The summed E-state index contributed by atoms with van der Waals surface area (Å²) in [6, 6.07) is 7.65. The quantitative estimate of drug-likeness (QED) is 0.427. The zero-order valence-corrected chi connectivity index (χ0v) is 17.6. The number of benzene rings is 2. The van der Waals surface area contributed by atoms with Crippen molar-refractivity contribution in [3.63, 3.8) is 0 Å². The predicted molar refractivity (Wildman–Crippen MR) is 114 cm³/mol. The minimum Gasteiger partial charge on any atom is -0.324 e. The topological polar surface area (TPSA) is 113 Å². The van der Waals surface area contributed by atoms with E-state index in [0.717, 1.165) is 11.3 Å². The van der Waals surface area contributed by atoms with Crippen molar-refractivity contribution in [3.8, 4) is 0 Å². The number of amides is 3. The van der Waals surface area contributed by atoms with Gasteiger partial charge in [-0.25, -0.2) is 9.29 Å². The van der Waals surface area contributed by atoms with Gasteiger partial charge in [0, 0.05) is 29.4 Å². The van der Waals surface area contributed by atoms with Crippen LogP contribution in [0.1, 0.15) is 24.0 Å². The van der Waals surface area contributed by atoms with Crippen molar-refractivity contribution in [1.29, 1.82) is 0 Å². The summed E-state index contributed by atoms with van der Waals surface area (Å²) in [5.41, 5.74) is -0.103. The Morgan fingerprint density at radius 3 is 2.67 bits per heavy atom. The molecule has 4 aliphatic heterocycles. The fourth-order valence-electron chi connectivity index (χ4n) is 6.42. The lowest BCUT2D eigenvalue weighted by molar-refractivity contribution is -0.384. The molecule has 10 heteroatoms. The summed E-state index contributed by atoms with van der Waals surface area (Å²) in [5.74, 6) is -3.67. The summed E-state index contributed by atoms with van der Waals surface area (Å²) in [5, 5.41) is 13.9. The van der Waals surface area contributed by atoms with E-state index in [0.29, 0.717) is 29.8 Å². The Hall–Kier alpha value is -3.66. The van der Waals surface area contributed by atoms with Crippen LogP contribution >= 0.6 is 0 Å². The normalized spacial score (nSPS) is 30.1. The SMILES string of the molecule is Cc1cc([N+](=O)[O-])ccc1N1C(=O)[C@H]2[C@H]3CCCN3[C@@]3(C(=O)Nc4ccc(F)cc43)[C@@H]2C1=O. The summed E-state index contributed by atoms with van der Waals surface area (Å²) in [7, 11) is 0. The average molecular weight is 450 g/mol. The van der Waals surface area contributed by atoms with Crippen LogP contribution in [0.4, 0.5) is 21.5 Å². The number of rotatable bonds is 2. The summed E-state index contributed by atoms with van der Waals surface area (Å²) < 4.78 is 14.3. The van der Waals surface area contributed by atoms with Gasteiger partial charge in [-0.1, -0.05) is 0 Å². The number of imide groups is 1. The number of hydrogen-bond acceptors (Lipinski definition) is 6. The van der Waals surface area contributed by atoms with Crippen LogP contribution in [0, 0.1) is 34.7 Å². The van der Waals surface area contributed by atoms with Gasteiger partial charge in [-0.3, -0.25) is 29.4 Å². The van der Waals surface area contributed by atoms with Gasteiger partial charge in [-0.2, -0.15) is 0 Å². The first-order chi connectivity index (χ1) is 15.8. The first kappa shape index (κ1) is 20.0. The number of carbonyl (C=O) groups is 3. The lowest BCUT2D eigenvalue weighted by Crippen LogP contribution is -2.54. The third-order valence-electron chi connectivity index (χ3n) is 7.59. The molecule has 2 aromatic carbocycles. The van der Waals surface area contributed by atoms with Crippen LogP contribution in [0.5, 0.6) is 0 Å². The van der Waals surface area contributed by atoms with E-state index in [9.17, 15) is 28.9 Å². The molecule has 0 bridgehead atoms. The number of nitrogens with zero attached hydrogens (tertiary/aromatic N) is 3. The molecule has 3 fully saturated rings. The molecular formula is C23H19FN4O5. The number of carbonyl (C=O) groups excluding carboxylic acids is 3. The minimum absolute atomic E-state index is 0.145. The summed E-state index contributed by atoms with van der Waals surface area (Å²) in [4.78, 5) is 54.6. The summed E-state index contributed by atoms with van der Waals surface area (Å²) in [6.07, 6.45) is 1.40. The van der Waals surface area contributed by atoms with E-state index >= 15 is 0 Å². The van der Waals surface area contributed by atoms with Crippen molar-refractivity contribution in [2.75, 3.05) is 16.8 Å². The standard InChI is InChI=1S/C23H19FN4O5/c1-11-9-13(28(32)33)5-7-16(11)27-20(29)18-17-3-2-8-26(17)23(19(18)21(27)30)14-10-12(24)4-6-15(14)25-22(23)31/h4-7,9-10,17-19H,2-3,8H2,1H3,(H,25,31)/t17-,18+,19+,23-/m1/s1. The van der Waals surface area contributed by atoms with Crippen molar-refractivity contribution in [2.24, 2.45) is 11.8 Å². The molecule has 0 radical (unpaired) electrons. The van der Waals surface area contributed by atoms with Gasteiger partial charge < -0.3 is 5.32 Å². The van der Waals surface area contributed by atoms with E-state index in [1.54, 1.807) is 6.92 Å². The van der Waals surface area contributed by atoms with Crippen molar-refractivity contribution in [1.82, 2.24) is 4.90 Å². The number of nitro groups is 1. The van der Waals surface area contributed by atoms with E-state index in [1.165, 1.54) is 36.4 Å². The Morgan fingerprint density at radius 1 is 1.15 bits per heavy atom. The Balaban J connectivity index is 1.53. The summed E-state index contributed by atoms with van der Waals surface area (Å²) in [6.45, 7) is 2.12. The molecular weight excluding hydrogens is 431 g/mol. The Kier molecular flexibility index (Phi) is 3.90. The lowest BCUT2D eigenvalue weighted by Gasteiger charge is -2.36. The first-order valence-corrected chi connectivity index (χ1v) is 10.8. The van der Waals surface area contributed by atoms with Gasteiger partial charge in [-0.15, -0.1) is 0 Å². The van der Waals surface area contributed by atoms with Crippen molar-refractivity contribution < 1.29 is 23.7 Å². The van der Waals surface area contributed by atoms with Crippen molar-refractivity contribution >= 4 is 34.8 Å². The summed E-state index contributed by atoms with van der Waals surface area (Å²) >= 11 is 0. The largest absolute Gasteiger partial charge is 0.324 e. The van der Waals surface area contributed by atoms with Crippen LogP contribution in [-0.2, 0) is 19.9 Å². The monoisotopic (exact) mass is 450 g/mol. The third-order valence-corrected chi connectivity index (χ3v) is 7.59. The Labute approximate surface area is 187 Å². The van der Waals surface area contributed by atoms with E-state index in [4.69, 9.17) is 0 Å². The second-order valence-electron chi connectivity index (χ2n) is 9.06. The van der Waals surface area contributed by atoms with E-state index in [1.807, 2.05) is 4.90 Å². The highest BCUT2D eigenvalue weighted by Gasteiger charge is 2.74. The molecule has 2 aromatic rings. The van der Waals surface area contributed by atoms with Gasteiger partial charge in [0.2, 0.25) is 17.7 Å². The minimum atomic E-state index is -1.46. The average Bonchev–Trinajstić information content (AvgIpc) is 3.47. The van der Waals surface area contributed by atoms with Crippen LogP contribution in [0.2, 0.25) is 0 Å². The van der Waals surface area contributed by atoms with Gasteiger partial charge >= 0.3 is 0 Å². The fourth-order valence-corrected chi connectivity index (χ4v) is 6.42. The number of aryl methyl sites for hydroxylation is 1. The lowest BCUT2D eigenvalue weighted by atomic mass is 9.75. The molecule has 1 spiro atoms. The Morgan fingerprint density at radius 2 is 1.94 bits per heavy atom. The zero-order chi connectivity index (χ0) is 23.2. The molecule has 0 aromatic heterocycles. The smallest absolute Gasteiger partial charge is 0.269 e. The van der Waals surface area contributed by atoms with Gasteiger partial charge in [0.05, 0.1) is 22.4 Å².